The molecule has 1 fully saturated rings. The number of amides is 1. The number of carbonyl (C=O) groups is 1. The first-order chi connectivity index (χ1) is 15.3. The number of fused-ring (bicyclic) bond motifs is 1. The Morgan fingerprint density at radius 1 is 1.25 bits per heavy atom. The summed E-state index contributed by atoms with van der Waals surface area (Å²) < 4.78 is 7.12. The fraction of sp³-hybridized carbons (Fsp3) is 0.478. The highest BCUT2D eigenvalue weighted by molar-refractivity contribution is 5.79. The van der Waals surface area contributed by atoms with E-state index in [0.29, 0.717) is 36.5 Å². The van der Waals surface area contributed by atoms with E-state index >= 15 is 0 Å². The van der Waals surface area contributed by atoms with Crippen LogP contribution in [0, 0.1) is 0 Å². The van der Waals surface area contributed by atoms with Gasteiger partial charge in [0.2, 0.25) is 11.9 Å². The Morgan fingerprint density at radius 2 is 1.97 bits per heavy atom. The van der Waals surface area contributed by atoms with E-state index in [4.69, 9.17) is 4.74 Å². The number of anilines is 1. The fourth-order valence-corrected chi connectivity index (χ4v) is 4.07. The van der Waals surface area contributed by atoms with Gasteiger partial charge in [0.25, 0.3) is 5.56 Å². The van der Waals surface area contributed by atoms with Crippen LogP contribution in [-0.2, 0) is 16.8 Å². The van der Waals surface area contributed by atoms with Crippen LogP contribution in [0.25, 0.3) is 11.0 Å². The monoisotopic (exact) mass is 438 g/mol. The molecule has 3 heterocycles. The summed E-state index contributed by atoms with van der Waals surface area (Å²) in [6, 6.07) is 7.73. The van der Waals surface area contributed by atoms with Gasteiger partial charge in [0.05, 0.1) is 25.3 Å². The maximum Gasteiger partial charge on any atom is 0.263 e. The number of H-pyrrole nitrogens is 1. The number of aromatic nitrogens is 4. The molecule has 32 heavy (non-hydrogen) atoms. The lowest BCUT2D eigenvalue weighted by molar-refractivity contribution is -0.131. The predicted octanol–water partition coefficient (Wildman–Crippen LogP) is 2.53. The molecule has 2 N–H and O–H groups in total. The standard InChI is InChI=1S/C23H30N6O3/c1-23(2,3)29-20-17(14-24-29)21(31)27-22(26-20)25-16-9-11-28(12-10-16)19(30)13-15-7-5-6-8-18(15)32-4/h5-8,14,16H,9-13H2,1-4H3,(H2,25,26,27,31). The van der Waals surface area contributed by atoms with Crippen LogP contribution in [0.1, 0.15) is 39.2 Å². The summed E-state index contributed by atoms with van der Waals surface area (Å²) >= 11 is 0. The molecule has 0 unspecified atom stereocenters. The van der Waals surface area contributed by atoms with Crippen LogP contribution in [0.15, 0.2) is 35.3 Å². The highest BCUT2D eigenvalue weighted by Gasteiger charge is 2.25. The van der Waals surface area contributed by atoms with Crippen molar-refractivity contribution in [2.24, 2.45) is 0 Å². The van der Waals surface area contributed by atoms with Crippen LogP contribution < -0.4 is 15.6 Å². The first-order valence-corrected chi connectivity index (χ1v) is 10.9. The molecular weight excluding hydrogens is 408 g/mol. The number of nitrogens with zero attached hydrogens (tertiary/aromatic N) is 4. The third-order valence-corrected chi connectivity index (χ3v) is 5.80. The van der Waals surface area contributed by atoms with Crippen molar-refractivity contribution >= 4 is 22.9 Å². The zero-order chi connectivity index (χ0) is 22.9. The second-order valence-electron chi connectivity index (χ2n) is 9.17. The minimum Gasteiger partial charge on any atom is -0.496 e. The Balaban J connectivity index is 1.40. The second kappa shape index (κ2) is 8.64. The van der Waals surface area contributed by atoms with E-state index in [1.165, 1.54) is 0 Å². The lowest BCUT2D eigenvalue weighted by atomic mass is 10.0. The van der Waals surface area contributed by atoms with Gasteiger partial charge in [-0.1, -0.05) is 18.2 Å². The van der Waals surface area contributed by atoms with Gasteiger partial charge in [0.15, 0.2) is 5.65 Å². The van der Waals surface area contributed by atoms with Gasteiger partial charge in [-0.25, -0.2) is 4.68 Å². The third kappa shape index (κ3) is 4.46. The van der Waals surface area contributed by atoms with Gasteiger partial charge in [-0.15, -0.1) is 0 Å². The molecular formula is C23H30N6O3. The zero-order valence-electron chi connectivity index (χ0n) is 19.0. The summed E-state index contributed by atoms with van der Waals surface area (Å²) in [4.78, 5) is 34.6. The Labute approximate surface area is 186 Å². The van der Waals surface area contributed by atoms with Crippen molar-refractivity contribution in [1.29, 1.82) is 0 Å². The highest BCUT2D eigenvalue weighted by atomic mass is 16.5. The predicted molar refractivity (Wildman–Crippen MR) is 123 cm³/mol. The fourth-order valence-electron chi connectivity index (χ4n) is 4.07. The smallest absolute Gasteiger partial charge is 0.263 e. The maximum atomic E-state index is 12.8. The molecule has 1 saturated heterocycles. The molecule has 1 aliphatic rings. The number of hydrogen-bond donors (Lipinski definition) is 2. The van der Waals surface area contributed by atoms with Crippen LogP contribution in [0.5, 0.6) is 5.75 Å². The van der Waals surface area contributed by atoms with Gasteiger partial charge in [0.1, 0.15) is 11.1 Å². The van der Waals surface area contributed by atoms with Crippen molar-refractivity contribution in [2.45, 2.75) is 51.6 Å². The number of likely N-dealkylation sites (tertiary alicyclic amines) is 1. The van der Waals surface area contributed by atoms with E-state index < -0.39 is 0 Å². The normalized spacial score (nSPS) is 15.2. The Hall–Kier alpha value is -3.36. The number of para-hydroxylation sites is 1. The van der Waals surface area contributed by atoms with Crippen molar-refractivity contribution < 1.29 is 9.53 Å². The molecule has 1 aliphatic heterocycles. The molecule has 4 rings (SSSR count). The van der Waals surface area contributed by atoms with Crippen LogP contribution in [0.2, 0.25) is 0 Å². The Morgan fingerprint density at radius 3 is 2.66 bits per heavy atom. The highest BCUT2D eigenvalue weighted by Crippen LogP contribution is 2.22. The number of nitrogens with one attached hydrogen (secondary N) is 2. The van der Waals surface area contributed by atoms with Gasteiger partial charge < -0.3 is 15.0 Å². The molecule has 0 radical (unpaired) electrons. The molecule has 3 aromatic rings. The molecule has 9 nitrogen and oxygen atoms in total. The van der Waals surface area contributed by atoms with E-state index in [-0.39, 0.29) is 23.0 Å². The molecule has 0 aliphatic carbocycles. The number of carbonyl (C=O) groups excluding carboxylic acids is 1. The van der Waals surface area contributed by atoms with Gasteiger partial charge in [-0.3, -0.25) is 14.6 Å². The van der Waals surface area contributed by atoms with Crippen molar-refractivity contribution in [1.82, 2.24) is 24.6 Å². The minimum absolute atomic E-state index is 0.0926. The van der Waals surface area contributed by atoms with Gasteiger partial charge >= 0.3 is 0 Å². The molecule has 0 spiro atoms. The molecule has 0 atom stereocenters. The first-order valence-electron chi connectivity index (χ1n) is 10.9. The average molecular weight is 439 g/mol. The topological polar surface area (TPSA) is 105 Å². The van der Waals surface area contributed by atoms with Gasteiger partial charge in [0, 0.05) is 24.7 Å². The Bertz CT molecular complexity index is 1170. The summed E-state index contributed by atoms with van der Waals surface area (Å²) in [5.74, 6) is 1.26. The van der Waals surface area contributed by atoms with Gasteiger partial charge in [-0.2, -0.15) is 10.1 Å². The van der Waals surface area contributed by atoms with E-state index in [2.05, 4.69) is 20.4 Å². The van der Waals surface area contributed by atoms with E-state index in [9.17, 15) is 9.59 Å². The van der Waals surface area contributed by atoms with Crippen molar-refractivity contribution in [3.05, 3.63) is 46.4 Å². The number of methoxy groups -OCH3 is 1. The van der Waals surface area contributed by atoms with Crippen LogP contribution in [0.3, 0.4) is 0 Å². The van der Waals surface area contributed by atoms with Crippen LogP contribution in [-0.4, -0.2) is 56.8 Å². The van der Waals surface area contributed by atoms with Crippen molar-refractivity contribution in [3.8, 4) is 5.75 Å². The summed E-state index contributed by atoms with van der Waals surface area (Å²) in [6.45, 7) is 7.36. The van der Waals surface area contributed by atoms with Crippen molar-refractivity contribution in [2.75, 3.05) is 25.5 Å². The lowest BCUT2D eigenvalue weighted by Gasteiger charge is -2.32. The third-order valence-electron chi connectivity index (χ3n) is 5.80. The SMILES string of the molecule is COc1ccccc1CC(=O)N1CCC(Nc2nc3c(cnn3C(C)(C)C)c(=O)[nH]2)CC1. The Kier molecular flexibility index (Phi) is 5.90. The largest absolute Gasteiger partial charge is 0.496 e. The molecule has 1 aromatic carbocycles. The van der Waals surface area contributed by atoms with E-state index in [1.54, 1.807) is 18.0 Å². The number of benzene rings is 1. The maximum absolute atomic E-state index is 12.8. The second-order valence-corrected chi connectivity index (χ2v) is 9.17. The molecule has 0 bridgehead atoms. The quantitative estimate of drug-likeness (QED) is 0.634. The summed E-state index contributed by atoms with van der Waals surface area (Å²) in [6.07, 6.45) is 3.43. The van der Waals surface area contributed by atoms with E-state index in [1.807, 2.05) is 49.9 Å². The first kappa shape index (κ1) is 21.9. The van der Waals surface area contributed by atoms with Crippen molar-refractivity contribution in [3.63, 3.8) is 0 Å². The van der Waals surface area contributed by atoms with E-state index in [0.717, 1.165) is 24.2 Å². The molecule has 9 heteroatoms. The summed E-state index contributed by atoms with van der Waals surface area (Å²) in [5.41, 5.74) is 0.962. The lowest BCUT2D eigenvalue weighted by Crippen LogP contribution is -2.43. The van der Waals surface area contributed by atoms with Gasteiger partial charge in [-0.05, 0) is 39.7 Å². The summed E-state index contributed by atoms with van der Waals surface area (Å²) in [7, 11) is 1.62. The minimum atomic E-state index is -0.285. The number of rotatable bonds is 5. The molecule has 1 amide bonds. The summed E-state index contributed by atoms with van der Waals surface area (Å²) in [5, 5.41) is 8.16. The molecule has 170 valence electrons. The zero-order valence-corrected chi connectivity index (χ0v) is 19.0. The number of ether oxygens (including phenoxy) is 1. The van der Waals surface area contributed by atoms with Crippen LogP contribution in [0.4, 0.5) is 5.95 Å². The number of aromatic amines is 1. The average Bonchev–Trinajstić information content (AvgIpc) is 3.20. The van der Waals surface area contributed by atoms with Crippen LogP contribution >= 0.6 is 0 Å². The number of hydrogen-bond acceptors (Lipinski definition) is 6. The number of piperidine rings is 1. The molecule has 0 saturated carbocycles. The molecule has 2 aromatic heterocycles.